The third-order valence-corrected chi connectivity index (χ3v) is 6.33. The molecular formula is C29H24N4Zn. The van der Waals surface area contributed by atoms with Crippen molar-refractivity contribution in [2.45, 2.75) is 32.6 Å². The predicted molar refractivity (Wildman–Crippen MR) is 135 cm³/mol. The molecule has 0 spiro atoms. The summed E-state index contributed by atoms with van der Waals surface area (Å²) in [5.74, 6) is 0. The molecule has 0 saturated heterocycles. The summed E-state index contributed by atoms with van der Waals surface area (Å²) in [4.78, 5) is 19.6. The molecule has 6 rings (SSSR count). The van der Waals surface area contributed by atoms with Crippen LogP contribution in [0.5, 0.6) is 0 Å². The van der Waals surface area contributed by atoms with E-state index in [2.05, 4.69) is 75.4 Å². The quantitative estimate of drug-likeness (QED) is 0.259. The van der Waals surface area contributed by atoms with Gasteiger partial charge < -0.3 is 9.97 Å². The van der Waals surface area contributed by atoms with E-state index in [-0.39, 0.29) is 24.9 Å². The zero-order chi connectivity index (χ0) is 22.6. The van der Waals surface area contributed by atoms with E-state index in [0.29, 0.717) is 0 Å². The Balaban J connectivity index is 0.00000241. The standard InChI is InChI=1S/C29H24N4.Zn/c1-18-4-6-19(7-5-18)28-25-12-10-21(31-25)14-20-8-9-23(30-20)16-27-29(2,3)17-24(33-27)15-22-11-13-26(28)32-22;/h4-16H,17H2,1-3H3;/q-2;+2. The first-order valence-corrected chi connectivity index (χ1v) is 11.3. The average Bonchev–Trinajstić information content (AvgIpc) is 3.55. The number of benzene rings is 1. The zero-order valence-corrected chi connectivity index (χ0v) is 22.7. The largest absolute Gasteiger partial charge is 2.00 e. The third kappa shape index (κ3) is 4.17. The number of nitrogens with zero attached hydrogens (tertiary/aromatic N) is 4. The minimum Gasteiger partial charge on any atom is -0.657 e. The molecule has 0 aliphatic carbocycles. The SMILES string of the molecule is Cc1ccc(-c2c3ccc(cc4nc(cc5nc(cc6ccc2[n-]6)CC5(C)C)C=C4)[n-]3)cc1.[Zn+2]. The van der Waals surface area contributed by atoms with E-state index in [9.17, 15) is 0 Å². The van der Waals surface area contributed by atoms with E-state index in [1.54, 1.807) is 0 Å². The second-order valence-corrected chi connectivity index (χ2v) is 9.53. The van der Waals surface area contributed by atoms with Crippen molar-refractivity contribution in [3.8, 4) is 11.1 Å². The molecule has 3 aromatic heterocycles. The van der Waals surface area contributed by atoms with Gasteiger partial charge in [-0.05, 0) is 36.3 Å². The van der Waals surface area contributed by atoms with Crippen LogP contribution in [0.25, 0.3) is 45.3 Å². The van der Waals surface area contributed by atoms with Gasteiger partial charge >= 0.3 is 19.5 Å². The Morgan fingerprint density at radius 2 is 1.35 bits per heavy atom. The summed E-state index contributed by atoms with van der Waals surface area (Å²) in [6.07, 6.45) is 4.96. The van der Waals surface area contributed by atoms with Crippen LogP contribution in [0.4, 0.5) is 0 Å². The second-order valence-electron chi connectivity index (χ2n) is 9.53. The fraction of sp³-hybridized carbons (Fsp3) is 0.172. The van der Waals surface area contributed by atoms with E-state index in [4.69, 9.17) is 19.9 Å². The fourth-order valence-corrected chi connectivity index (χ4v) is 4.56. The number of aromatic nitrogens is 4. The minimum absolute atomic E-state index is 0. The van der Waals surface area contributed by atoms with Crippen molar-refractivity contribution in [2.24, 2.45) is 0 Å². The Kier molecular flexibility index (Phi) is 5.61. The molecule has 1 aromatic carbocycles. The molecule has 0 atom stereocenters. The van der Waals surface area contributed by atoms with Crippen LogP contribution in [-0.2, 0) is 31.3 Å². The molecule has 34 heavy (non-hydrogen) atoms. The third-order valence-electron chi connectivity index (χ3n) is 6.33. The summed E-state index contributed by atoms with van der Waals surface area (Å²) in [6, 6.07) is 23.0. The van der Waals surface area contributed by atoms with Crippen LogP contribution in [0.1, 0.15) is 42.2 Å². The van der Waals surface area contributed by atoms with Crippen molar-refractivity contribution < 1.29 is 19.5 Å². The van der Waals surface area contributed by atoms with Gasteiger partial charge in [-0.1, -0.05) is 80.1 Å². The first-order chi connectivity index (χ1) is 15.9. The minimum atomic E-state index is -0.0427. The maximum atomic E-state index is 4.97. The van der Waals surface area contributed by atoms with Crippen molar-refractivity contribution in [3.05, 3.63) is 95.1 Å². The zero-order valence-electron chi connectivity index (χ0n) is 19.7. The average molecular weight is 494 g/mol. The van der Waals surface area contributed by atoms with Gasteiger partial charge in [0.25, 0.3) is 0 Å². The van der Waals surface area contributed by atoms with Gasteiger partial charge in [-0.2, -0.15) is 0 Å². The summed E-state index contributed by atoms with van der Waals surface area (Å²) >= 11 is 0. The second kappa shape index (κ2) is 8.49. The van der Waals surface area contributed by atoms with Crippen LogP contribution >= 0.6 is 0 Å². The number of rotatable bonds is 1. The Morgan fingerprint density at radius 3 is 2.03 bits per heavy atom. The molecule has 0 fully saturated rings. The van der Waals surface area contributed by atoms with Crippen molar-refractivity contribution in [1.29, 1.82) is 0 Å². The first kappa shape index (κ1) is 22.5. The molecule has 4 nitrogen and oxygen atoms in total. The van der Waals surface area contributed by atoms with E-state index < -0.39 is 0 Å². The number of hydrogen-bond acceptors (Lipinski definition) is 2. The Bertz CT molecular complexity index is 1570. The van der Waals surface area contributed by atoms with Gasteiger partial charge in [0.1, 0.15) is 0 Å². The van der Waals surface area contributed by atoms with Crippen LogP contribution in [0.3, 0.4) is 0 Å². The smallest absolute Gasteiger partial charge is 0.657 e. The molecule has 0 unspecified atom stereocenters. The molecule has 0 amide bonds. The maximum Gasteiger partial charge on any atom is 2.00 e. The number of aryl methyl sites for hydroxylation is 1. The Morgan fingerprint density at radius 1 is 0.735 bits per heavy atom. The molecule has 2 aliphatic heterocycles. The van der Waals surface area contributed by atoms with E-state index in [1.807, 2.05) is 24.3 Å². The van der Waals surface area contributed by atoms with Gasteiger partial charge in [-0.25, -0.2) is 4.98 Å². The Labute approximate surface area is 212 Å². The van der Waals surface area contributed by atoms with Crippen molar-refractivity contribution in [3.63, 3.8) is 0 Å². The van der Waals surface area contributed by atoms with Crippen molar-refractivity contribution >= 4 is 34.2 Å². The summed E-state index contributed by atoms with van der Waals surface area (Å²) < 4.78 is 0. The van der Waals surface area contributed by atoms with E-state index in [1.165, 1.54) is 5.56 Å². The summed E-state index contributed by atoms with van der Waals surface area (Å²) in [6.45, 7) is 6.56. The monoisotopic (exact) mass is 492 g/mol. The Hall–Kier alpha value is -3.30. The van der Waals surface area contributed by atoms with Gasteiger partial charge in [0.15, 0.2) is 0 Å². The van der Waals surface area contributed by atoms with Crippen LogP contribution < -0.4 is 9.97 Å². The van der Waals surface area contributed by atoms with Crippen molar-refractivity contribution in [2.75, 3.05) is 0 Å². The van der Waals surface area contributed by atoms with Crippen LogP contribution in [0, 0.1) is 6.92 Å². The van der Waals surface area contributed by atoms with Gasteiger partial charge in [0.05, 0.1) is 11.4 Å². The van der Waals surface area contributed by atoms with Crippen LogP contribution in [-0.4, -0.2) is 9.97 Å². The van der Waals surface area contributed by atoms with Gasteiger partial charge in [-0.15, -0.1) is 22.1 Å². The summed E-state index contributed by atoms with van der Waals surface area (Å²) in [5.41, 5.74) is 10.9. The topological polar surface area (TPSA) is 54.0 Å². The van der Waals surface area contributed by atoms with Crippen LogP contribution in [0.2, 0.25) is 0 Å². The van der Waals surface area contributed by atoms with Gasteiger partial charge in [0, 0.05) is 23.2 Å². The summed E-state index contributed by atoms with van der Waals surface area (Å²) in [7, 11) is 0. The van der Waals surface area contributed by atoms with E-state index >= 15 is 0 Å². The normalized spacial score (nSPS) is 14.1. The number of fused-ring (bicyclic) bond motifs is 8. The predicted octanol–water partition coefficient (Wildman–Crippen LogP) is 6.24. The molecule has 5 heteroatoms. The molecule has 0 saturated carbocycles. The molecule has 8 bridgehead atoms. The maximum absolute atomic E-state index is 4.97. The summed E-state index contributed by atoms with van der Waals surface area (Å²) in [5, 5.41) is 0. The molecular weight excluding hydrogens is 470 g/mol. The molecule has 162 valence electrons. The van der Waals surface area contributed by atoms with E-state index in [0.717, 1.165) is 62.4 Å². The molecule has 5 heterocycles. The first-order valence-electron chi connectivity index (χ1n) is 11.3. The van der Waals surface area contributed by atoms with Crippen molar-refractivity contribution in [1.82, 2.24) is 19.9 Å². The fourth-order valence-electron chi connectivity index (χ4n) is 4.56. The molecule has 0 N–H and O–H groups in total. The van der Waals surface area contributed by atoms with Gasteiger partial charge in [-0.3, -0.25) is 4.98 Å². The molecule has 2 aliphatic rings. The number of hydrogen-bond donors (Lipinski definition) is 0. The molecule has 4 aromatic rings. The van der Waals surface area contributed by atoms with Crippen LogP contribution in [0.15, 0.2) is 66.7 Å². The van der Waals surface area contributed by atoms with Gasteiger partial charge in [0.2, 0.25) is 0 Å². The molecule has 0 radical (unpaired) electrons.